The molecule has 712 valence electrons. The van der Waals surface area contributed by atoms with E-state index in [1.165, 1.54) is 44.9 Å². The minimum absolute atomic E-state index is 0.0769. The molecule has 0 saturated carbocycles. The lowest BCUT2D eigenvalue weighted by Crippen LogP contribution is -2.68. The number of aliphatic hydroxyl groups excluding tert-OH is 4. The van der Waals surface area contributed by atoms with Gasteiger partial charge in [0.05, 0.1) is 51.1 Å². The van der Waals surface area contributed by atoms with Crippen LogP contribution in [0.1, 0.15) is 452 Å². The molecule has 27 nitrogen and oxygen atoms in total. The Kier molecular flexibility index (Phi) is 69.3. The average Bonchev–Trinajstić information content (AvgIpc) is 0.772. The van der Waals surface area contributed by atoms with Crippen LogP contribution in [-0.2, 0) is 80.1 Å². The maximum Gasteiger partial charge on any atom is 0.472 e. The summed E-state index contributed by atoms with van der Waals surface area (Å²) in [5, 5.41) is 51.5. The summed E-state index contributed by atoms with van der Waals surface area (Å²) in [7, 11) is -11.4. The number of hydrogen-bond acceptors (Lipinski definition) is 21. The Bertz CT molecular complexity index is 2680. The van der Waals surface area contributed by atoms with Gasteiger partial charge in [0.15, 0.2) is 24.8 Å². The van der Waals surface area contributed by atoms with Crippen molar-refractivity contribution in [2.75, 3.05) is 13.2 Å². The van der Waals surface area contributed by atoms with Crippen LogP contribution in [0.4, 0.5) is 0 Å². The van der Waals surface area contributed by atoms with Gasteiger partial charge in [0, 0.05) is 12.8 Å². The molecule has 2 aliphatic rings. The normalized spacial score (nSPS) is 20.5. The van der Waals surface area contributed by atoms with Gasteiger partial charge in [-0.2, -0.15) is 0 Å². The standard InChI is InChI=1S/C92H174N2O25P2/c1-7-13-19-25-31-37-43-49-55-61-73(96)67-79(98)93-85-89(116-83(102)68-74(97)62-56-50-44-38-32-26-20-14-8-2)87(104)78(115-92(85)119-121(108,109)110)72-111-91-86(94-80(99)69-75(63-57-51-45-39-33-27-21-15-9-3)112-81(100)65-59-53-47-41-35-29-23-17-11-5)90(88(77(71-95)114-91)118-120(105,106)107)117-84(103)70-76(64-58-52-46-40-34-28-22-16-10-4)113-82(101)66-60-54-48-42-36-30-24-18-12-6/h73-78,85-92,95-97,104H,7-72H2,1-6H3,(H,93,98)(H,94,99)(H2,105,106,107)(H2,108,109,110)/t73-,74-,75-,76-,77-,78-,85-,86-,87-,88-,89-,90-,91-,92-/m1/s1. The first-order valence-electron chi connectivity index (χ1n) is 48.7. The van der Waals surface area contributed by atoms with Crippen molar-refractivity contribution in [3.8, 4) is 0 Å². The van der Waals surface area contributed by atoms with Gasteiger partial charge in [-0.1, -0.05) is 363 Å². The lowest BCUT2D eigenvalue weighted by atomic mass is 9.95. The molecule has 29 heteroatoms. The molecule has 2 heterocycles. The molecule has 0 aromatic carbocycles. The topological polar surface area (TPSA) is 406 Å². The predicted molar refractivity (Wildman–Crippen MR) is 471 cm³/mol. The number of carbonyl (C=O) groups excluding carboxylic acids is 6. The van der Waals surface area contributed by atoms with Crippen molar-refractivity contribution < 1.29 is 120 Å². The number of rotatable bonds is 82. The molecule has 2 saturated heterocycles. The van der Waals surface area contributed by atoms with Crippen LogP contribution in [0.25, 0.3) is 0 Å². The summed E-state index contributed by atoms with van der Waals surface area (Å²) in [6.45, 7) is 10.9. The highest BCUT2D eigenvalue weighted by Gasteiger charge is 2.55. The minimum Gasteiger partial charge on any atom is -0.462 e. The molecule has 0 aromatic heterocycles. The van der Waals surface area contributed by atoms with Crippen LogP contribution in [0, 0.1) is 0 Å². The summed E-state index contributed by atoms with van der Waals surface area (Å²) in [6.07, 6.45) is 31.4. The summed E-state index contributed by atoms with van der Waals surface area (Å²) in [6, 6.07) is -3.86. The zero-order valence-corrected chi connectivity index (χ0v) is 78.0. The van der Waals surface area contributed by atoms with Crippen molar-refractivity contribution in [2.45, 2.75) is 538 Å². The molecule has 0 unspecified atom stereocenters. The van der Waals surface area contributed by atoms with E-state index >= 15 is 4.79 Å². The summed E-state index contributed by atoms with van der Waals surface area (Å²) >= 11 is 0. The zero-order valence-electron chi connectivity index (χ0n) is 76.2. The number of phosphoric acid groups is 2. The number of unbranched alkanes of at least 4 members (excludes halogenated alkanes) is 48. The molecule has 121 heavy (non-hydrogen) atoms. The quantitative estimate of drug-likeness (QED) is 0.0117. The number of aliphatic hydroxyl groups is 4. The molecule has 2 aliphatic heterocycles. The fourth-order valence-electron chi connectivity index (χ4n) is 16.2. The van der Waals surface area contributed by atoms with Gasteiger partial charge in [-0.3, -0.25) is 37.8 Å². The molecule has 0 aromatic rings. The highest BCUT2D eigenvalue weighted by atomic mass is 31.2. The third-order valence-corrected chi connectivity index (χ3v) is 24.4. The lowest BCUT2D eigenvalue weighted by Gasteiger charge is -2.47. The van der Waals surface area contributed by atoms with E-state index in [1.807, 2.05) is 0 Å². The van der Waals surface area contributed by atoms with Gasteiger partial charge in [0.2, 0.25) is 11.8 Å². The smallest absolute Gasteiger partial charge is 0.462 e. The van der Waals surface area contributed by atoms with E-state index in [1.54, 1.807) is 0 Å². The van der Waals surface area contributed by atoms with Gasteiger partial charge < -0.3 is 83.8 Å². The summed E-state index contributed by atoms with van der Waals surface area (Å²) < 4.78 is 80.0. The average molecular weight is 1770 g/mol. The van der Waals surface area contributed by atoms with E-state index in [9.17, 15) is 73.1 Å². The lowest BCUT2D eigenvalue weighted by molar-refractivity contribution is -0.297. The van der Waals surface area contributed by atoms with Crippen molar-refractivity contribution in [3.05, 3.63) is 0 Å². The second-order valence-electron chi connectivity index (χ2n) is 34.8. The van der Waals surface area contributed by atoms with Crippen LogP contribution in [0.15, 0.2) is 0 Å². The maximum atomic E-state index is 15.2. The number of ether oxygens (including phenoxy) is 7. The van der Waals surface area contributed by atoms with E-state index < -0.39 is 176 Å². The Labute approximate surface area is 729 Å². The monoisotopic (exact) mass is 1770 g/mol. The molecule has 14 atom stereocenters. The van der Waals surface area contributed by atoms with Crippen LogP contribution in [-0.4, -0.2) is 175 Å². The number of phosphoric ester groups is 2. The first-order valence-corrected chi connectivity index (χ1v) is 51.8. The summed E-state index contributed by atoms with van der Waals surface area (Å²) in [4.78, 5) is 128. The minimum atomic E-state index is -5.68. The highest BCUT2D eigenvalue weighted by molar-refractivity contribution is 7.46. The first-order chi connectivity index (χ1) is 58.3. The van der Waals surface area contributed by atoms with Gasteiger partial charge >= 0.3 is 39.5 Å². The van der Waals surface area contributed by atoms with E-state index in [-0.39, 0.29) is 38.5 Å². The van der Waals surface area contributed by atoms with Gasteiger partial charge in [-0.05, 0) is 51.4 Å². The molecule has 0 radical (unpaired) electrons. The summed E-state index contributed by atoms with van der Waals surface area (Å²) in [5.41, 5.74) is 0. The van der Waals surface area contributed by atoms with Crippen LogP contribution >= 0.6 is 15.6 Å². The Morgan fingerprint density at radius 2 is 0.636 bits per heavy atom. The molecule has 2 fully saturated rings. The van der Waals surface area contributed by atoms with Gasteiger partial charge in [0.1, 0.15) is 48.7 Å². The molecule has 2 rings (SSSR count). The number of nitrogens with one attached hydrogen (secondary N) is 2. The van der Waals surface area contributed by atoms with Crippen LogP contribution < -0.4 is 10.6 Å². The fraction of sp³-hybridized carbons (Fsp3) is 0.935. The molecule has 0 spiro atoms. The third kappa shape index (κ3) is 60.2. The molecule has 0 bridgehead atoms. The molecule has 2 amide bonds. The SMILES string of the molecule is CCCCCCCCCCCC(=O)O[C@H](CCCCCCCCCCC)CC(=O)N[C@H]1[C@H](OC[C@H]2O[C@H](OP(=O)(O)O)[C@H](NC(=O)C[C@H](O)CCCCCCCCCCC)[C@@H](OC(=O)C[C@H](O)CCCCCCCCCCC)[C@@H]2O)O[C@H](CO)[C@@H](OP(=O)(O)O)[C@@H]1OC(=O)C[C@@H](CCCCCCCCCCC)OC(=O)CCCCCCCCCCC. The molecular weight excluding hydrogens is 1590 g/mol. The van der Waals surface area contributed by atoms with Gasteiger partial charge in [0.25, 0.3) is 0 Å². The largest absolute Gasteiger partial charge is 0.472 e. The van der Waals surface area contributed by atoms with Crippen molar-refractivity contribution >= 4 is 51.3 Å². The highest BCUT2D eigenvalue weighted by Crippen LogP contribution is 2.44. The van der Waals surface area contributed by atoms with Gasteiger partial charge in [-0.25, -0.2) is 9.13 Å². The fourth-order valence-corrected chi connectivity index (χ4v) is 17.3. The first kappa shape index (κ1) is 114. The van der Waals surface area contributed by atoms with E-state index in [0.717, 1.165) is 263 Å². The molecule has 10 N–H and O–H groups in total. The van der Waals surface area contributed by atoms with Crippen molar-refractivity contribution in [1.82, 2.24) is 10.6 Å². The summed E-state index contributed by atoms with van der Waals surface area (Å²) in [5.74, 6) is -5.05. The zero-order chi connectivity index (χ0) is 89.0. The van der Waals surface area contributed by atoms with Crippen LogP contribution in [0.2, 0.25) is 0 Å². The van der Waals surface area contributed by atoms with E-state index in [0.29, 0.717) is 38.5 Å². The van der Waals surface area contributed by atoms with Crippen molar-refractivity contribution in [1.29, 1.82) is 0 Å². The van der Waals surface area contributed by atoms with Crippen LogP contribution in [0.5, 0.6) is 0 Å². The van der Waals surface area contributed by atoms with Gasteiger partial charge in [-0.15, -0.1) is 0 Å². The third-order valence-electron chi connectivity index (χ3n) is 23.4. The molecule has 0 aliphatic carbocycles. The molecular formula is C92H174N2O25P2. The van der Waals surface area contributed by atoms with Crippen LogP contribution in [0.3, 0.4) is 0 Å². The van der Waals surface area contributed by atoms with Crippen molar-refractivity contribution in [3.63, 3.8) is 0 Å². The Morgan fingerprint density at radius 3 is 1.00 bits per heavy atom. The number of amides is 2. The Balaban J connectivity index is 2.85. The second kappa shape index (κ2) is 73.6. The van der Waals surface area contributed by atoms with Crippen molar-refractivity contribution in [2.24, 2.45) is 0 Å². The predicted octanol–water partition coefficient (Wildman–Crippen LogP) is 19.8. The number of hydrogen-bond donors (Lipinski definition) is 10. The second-order valence-corrected chi connectivity index (χ2v) is 37.2. The maximum absolute atomic E-state index is 15.2. The van der Waals surface area contributed by atoms with E-state index in [4.69, 9.17) is 42.2 Å². The Morgan fingerprint density at radius 1 is 0.339 bits per heavy atom. The number of carbonyl (C=O) groups is 6. The van der Waals surface area contributed by atoms with E-state index in [2.05, 4.69) is 52.2 Å². The Hall–Kier alpha value is -3.24. The number of esters is 4.